The van der Waals surface area contributed by atoms with E-state index in [0.29, 0.717) is 18.2 Å². The van der Waals surface area contributed by atoms with E-state index in [1.54, 1.807) is 0 Å². The Bertz CT molecular complexity index is 247. The lowest BCUT2D eigenvalue weighted by atomic mass is 9.94. The van der Waals surface area contributed by atoms with E-state index in [9.17, 15) is 9.90 Å². The average molecular weight is 255 g/mol. The molecule has 106 valence electrons. The molecule has 1 aliphatic rings. The van der Waals surface area contributed by atoms with Gasteiger partial charge in [-0.2, -0.15) is 0 Å². The zero-order valence-electron chi connectivity index (χ0n) is 12.2. The van der Waals surface area contributed by atoms with Crippen LogP contribution in [0.3, 0.4) is 0 Å². The van der Waals surface area contributed by atoms with Gasteiger partial charge in [0.05, 0.1) is 6.10 Å². The number of hydrogen-bond acceptors (Lipinski definition) is 2. The van der Waals surface area contributed by atoms with Gasteiger partial charge in [-0.25, -0.2) is 0 Å². The van der Waals surface area contributed by atoms with Gasteiger partial charge >= 0.3 is 0 Å². The molecular weight excluding hydrogens is 226 g/mol. The fourth-order valence-corrected chi connectivity index (χ4v) is 2.95. The number of carbonyl (C=O) groups is 1. The molecular formula is C15H29NO2. The topological polar surface area (TPSA) is 40.5 Å². The zero-order chi connectivity index (χ0) is 13.5. The second kappa shape index (κ2) is 7.78. The third-order valence-electron chi connectivity index (χ3n) is 4.12. The van der Waals surface area contributed by atoms with Crippen LogP contribution < -0.4 is 0 Å². The molecule has 0 spiro atoms. The molecule has 0 aromatic heterocycles. The average Bonchev–Trinajstić information content (AvgIpc) is 2.79. The third-order valence-corrected chi connectivity index (χ3v) is 4.12. The van der Waals surface area contributed by atoms with Crippen LogP contribution in [0.4, 0.5) is 0 Å². The standard InChI is InChI=1S/C15H29NO2/c1-4-6-13(7-5-2)10-15(18)16-9-8-14(11-16)12(3)17/h12-14,17H,4-11H2,1-3H3. The van der Waals surface area contributed by atoms with Crippen LogP contribution in [0.15, 0.2) is 0 Å². The summed E-state index contributed by atoms with van der Waals surface area (Å²) in [5.41, 5.74) is 0. The third kappa shape index (κ3) is 4.60. The molecule has 0 aromatic rings. The lowest BCUT2D eigenvalue weighted by molar-refractivity contribution is -0.131. The summed E-state index contributed by atoms with van der Waals surface area (Å²) in [5, 5.41) is 9.56. The highest BCUT2D eigenvalue weighted by atomic mass is 16.3. The van der Waals surface area contributed by atoms with Gasteiger partial charge in [0, 0.05) is 25.4 Å². The van der Waals surface area contributed by atoms with Gasteiger partial charge < -0.3 is 10.0 Å². The Morgan fingerprint density at radius 1 is 1.33 bits per heavy atom. The number of nitrogens with zero attached hydrogens (tertiary/aromatic N) is 1. The molecule has 0 aliphatic carbocycles. The van der Waals surface area contributed by atoms with Crippen molar-refractivity contribution >= 4 is 5.91 Å². The summed E-state index contributed by atoms with van der Waals surface area (Å²) in [7, 11) is 0. The monoisotopic (exact) mass is 255 g/mol. The van der Waals surface area contributed by atoms with Crippen LogP contribution in [0.1, 0.15) is 59.3 Å². The van der Waals surface area contributed by atoms with E-state index in [-0.39, 0.29) is 12.0 Å². The summed E-state index contributed by atoms with van der Waals surface area (Å²) in [6.07, 6.45) is 6.01. The van der Waals surface area contributed by atoms with E-state index >= 15 is 0 Å². The first-order chi connectivity index (χ1) is 8.58. The zero-order valence-corrected chi connectivity index (χ0v) is 12.2. The minimum absolute atomic E-state index is 0.282. The van der Waals surface area contributed by atoms with Crippen LogP contribution in [-0.4, -0.2) is 35.1 Å². The van der Waals surface area contributed by atoms with Gasteiger partial charge in [0.1, 0.15) is 0 Å². The second-order valence-corrected chi connectivity index (χ2v) is 5.78. The molecule has 1 amide bonds. The van der Waals surface area contributed by atoms with Crippen molar-refractivity contribution in [2.75, 3.05) is 13.1 Å². The fraction of sp³-hybridized carbons (Fsp3) is 0.933. The molecule has 1 N–H and O–H groups in total. The summed E-state index contributed by atoms with van der Waals surface area (Å²) in [6, 6.07) is 0. The molecule has 1 fully saturated rings. The molecule has 2 atom stereocenters. The van der Waals surface area contributed by atoms with E-state index in [0.717, 1.165) is 45.2 Å². The summed E-state index contributed by atoms with van der Waals surface area (Å²) in [6.45, 7) is 7.79. The lowest BCUT2D eigenvalue weighted by Gasteiger charge is -2.21. The smallest absolute Gasteiger partial charge is 0.222 e. The Balaban J connectivity index is 2.40. The van der Waals surface area contributed by atoms with Crippen molar-refractivity contribution < 1.29 is 9.90 Å². The van der Waals surface area contributed by atoms with Crippen molar-refractivity contribution in [3.8, 4) is 0 Å². The Morgan fingerprint density at radius 2 is 1.94 bits per heavy atom. The summed E-state index contributed by atoms with van der Waals surface area (Å²) in [5.74, 6) is 1.13. The van der Waals surface area contributed by atoms with E-state index < -0.39 is 0 Å². The first-order valence-electron chi connectivity index (χ1n) is 7.54. The van der Waals surface area contributed by atoms with E-state index in [1.807, 2.05) is 11.8 Å². The van der Waals surface area contributed by atoms with E-state index in [4.69, 9.17) is 0 Å². The summed E-state index contributed by atoms with van der Waals surface area (Å²) < 4.78 is 0. The molecule has 1 heterocycles. The first kappa shape index (κ1) is 15.5. The molecule has 1 aliphatic heterocycles. The van der Waals surface area contributed by atoms with Crippen LogP contribution in [0.5, 0.6) is 0 Å². The van der Waals surface area contributed by atoms with Crippen molar-refractivity contribution in [2.45, 2.75) is 65.4 Å². The van der Waals surface area contributed by atoms with Crippen molar-refractivity contribution in [3.63, 3.8) is 0 Å². The number of carbonyl (C=O) groups excluding carboxylic acids is 1. The highest BCUT2D eigenvalue weighted by molar-refractivity contribution is 5.76. The highest BCUT2D eigenvalue weighted by Gasteiger charge is 2.29. The van der Waals surface area contributed by atoms with Gasteiger partial charge in [-0.3, -0.25) is 4.79 Å². The molecule has 3 heteroatoms. The van der Waals surface area contributed by atoms with E-state index in [1.165, 1.54) is 0 Å². The number of amides is 1. The molecule has 0 radical (unpaired) electrons. The Hall–Kier alpha value is -0.570. The first-order valence-corrected chi connectivity index (χ1v) is 7.54. The van der Waals surface area contributed by atoms with Crippen molar-refractivity contribution in [1.82, 2.24) is 4.90 Å². The van der Waals surface area contributed by atoms with Crippen molar-refractivity contribution in [2.24, 2.45) is 11.8 Å². The normalized spacial score (nSPS) is 21.6. The van der Waals surface area contributed by atoms with Crippen LogP contribution in [-0.2, 0) is 4.79 Å². The van der Waals surface area contributed by atoms with Gasteiger partial charge in [0.25, 0.3) is 0 Å². The van der Waals surface area contributed by atoms with Gasteiger partial charge in [-0.15, -0.1) is 0 Å². The fourth-order valence-electron chi connectivity index (χ4n) is 2.95. The van der Waals surface area contributed by atoms with Gasteiger partial charge in [0.2, 0.25) is 5.91 Å². The van der Waals surface area contributed by atoms with Gasteiger partial charge in [-0.05, 0) is 19.3 Å². The SMILES string of the molecule is CCCC(CCC)CC(=O)N1CCC(C(C)O)C1. The van der Waals surface area contributed by atoms with Crippen molar-refractivity contribution in [1.29, 1.82) is 0 Å². The predicted molar refractivity (Wildman–Crippen MR) is 74.3 cm³/mol. The van der Waals surface area contributed by atoms with Gasteiger partial charge in [0.15, 0.2) is 0 Å². The molecule has 18 heavy (non-hydrogen) atoms. The van der Waals surface area contributed by atoms with E-state index in [2.05, 4.69) is 13.8 Å². The maximum absolute atomic E-state index is 12.2. The number of hydrogen-bond donors (Lipinski definition) is 1. The van der Waals surface area contributed by atoms with Crippen LogP contribution in [0.25, 0.3) is 0 Å². The van der Waals surface area contributed by atoms with Gasteiger partial charge in [-0.1, -0.05) is 39.5 Å². The quantitative estimate of drug-likeness (QED) is 0.760. The molecule has 1 saturated heterocycles. The summed E-state index contributed by atoms with van der Waals surface area (Å²) in [4.78, 5) is 14.2. The minimum Gasteiger partial charge on any atom is -0.393 e. The Morgan fingerprint density at radius 3 is 2.39 bits per heavy atom. The molecule has 2 unspecified atom stereocenters. The largest absolute Gasteiger partial charge is 0.393 e. The lowest BCUT2D eigenvalue weighted by Crippen LogP contribution is -2.31. The summed E-state index contributed by atoms with van der Waals surface area (Å²) >= 11 is 0. The highest BCUT2D eigenvalue weighted by Crippen LogP contribution is 2.24. The maximum Gasteiger partial charge on any atom is 0.222 e. The number of aliphatic hydroxyl groups excluding tert-OH is 1. The predicted octanol–water partition coefficient (Wildman–Crippen LogP) is 2.82. The van der Waals surface area contributed by atoms with Crippen molar-refractivity contribution in [3.05, 3.63) is 0 Å². The Kier molecular flexibility index (Phi) is 6.69. The number of rotatable bonds is 7. The number of likely N-dealkylation sites (tertiary alicyclic amines) is 1. The molecule has 3 nitrogen and oxygen atoms in total. The molecule has 0 bridgehead atoms. The molecule has 1 rings (SSSR count). The van der Waals surface area contributed by atoms with Crippen LogP contribution >= 0.6 is 0 Å². The minimum atomic E-state index is -0.287. The van der Waals surface area contributed by atoms with Crippen LogP contribution in [0.2, 0.25) is 0 Å². The van der Waals surface area contributed by atoms with Crippen LogP contribution in [0, 0.1) is 11.8 Å². The molecule has 0 aromatic carbocycles. The number of aliphatic hydroxyl groups is 1. The molecule has 0 saturated carbocycles. The maximum atomic E-state index is 12.2. The Labute approximate surface area is 112 Å². The second-order valence-electron chi connectivity index (χ2n) is 5.78.